The summed E-state index contributed by atoms with van der Waals surface area (Å²) >= 11 is 6.85. The number of carbonyl (C=O) groups is 1. The van der Waals surface area contributed by atoms with Gasteiger partial charge >= 0.3 is 0 Å². The molecule has 0 aliphatic carbocycles. The van der Waals surface area contributed by atoms with Crippen molar-refractivity contribution in [2.45, 2.75) is 31.2 Å². The topological polar surface area (TPSA) is 108 Å². The molecule has 2 aromatic rings. The summed E-state index contributed by atoms with van der Waals surface area (Å²) in [6.45, 7) is 3.65. The van der Waals surface area contributed by atoms with E-state index in [4.69, 9.17) is 11.6 Å². The first-order valence-electron chi connectivity index (χ1n) is 7.84. The van der Waals surface area contributed by atoms with Crippen LogP contribution < -0.4 is 10.0 Å². The van der Waals surface area contributed by atoms with Crippen molar-refractivity contribution in [3.63, 3.8) is 0 Å². The van der Waals surface area contributed by atoms with Gasteiger partial charge in [0.2, 0.25) is 5.91 Å². The van der Waals surface area contributed by atoms with Crippen molar-refractivity contribution >= 4 is 44.0 Å². The number of sulfonamides is 1. The molecule has 0 spiro atoms. The van der Waals surface area contributed by atoms with Crippen molar-refractivity contribution in [1.82, 2.24) is 10.3 Å². The first kappa shape index (κ1) is 20.6. The van der Waals surface area contributed by atoms with Gasteiger partial charge in [-0.1, -0.05) is 25.4 Å². The zero-order chi connectivity index (χ0) is 19.3. The number of aliphatic hydroxyl groups is 1. The van der Waals surface area contributed by atoms with Crippen LogP contribution in [0.15, 0.2) is 34.5 Å². The van der Waals surface area contributed by atoms with Gasteiger partial charge in [0.1, 0.15) is 0 Å². The van der Waals surface area contributed by atoms with Gasteiger partial charge in [0.15, 0.2) is 5.13 Å². The molecule has 10 heteroatoms. The fourth-order valence-electron chi connectivity index (χ4n) is 2.07. The molecule has 0 fully saturated rings. The molecule has 1 amide bonds. The van der Waals surface area contributed by atoms with Gasteiger partial charge in [-0.3, -0.25) is 9.52 Å². The quantitative estimate of drug-likeness (QED) is 0.610. The minimum Gasteiger partial charge on any atom is -0.394 e. The molecule has 1 unspecified atom stereocenters. The predicted octanol–water partition coefficient (Wildman–Crippen LogP) is 2.27. The molecule has 26 heavy (non-hydrogen) atoms. The Morgan fingerprint density at radius 3 is 2.54 bits per heavy atom. The summed E-state index contributed by atoms with van der Waals surface area (Å²) in [4.78, 5) is 16.2. The Balaban J connectivity index is 2.01. The number of nitrogens with zero attached hydrogens (tertiary/aromatic N) is 1. The van der Waals surface area contributed by atoms with Crippen molar-refractivity contribution < 1.29 is 18.3 Å². The van der Waals surface area contributed by atoms with E-state index in [-0.39, 0.29) is 40.9 Å². The van der Waals surface area contributed by atoms with E-state index in [0.717, 1.165) is 11.3 Å². The van der Waals surface area contributed by atoms with Crippen LogP contribution >= 0.6 is 22.9 Å². The summed E-state index contributed by atoms with van der Waals surface area (Å²) in [6, 6.07) is 5.44. The number of anilines is 1. The number of hydrogen-bond donors (Lipinski definition) is 3. The summed E-state index contributed by atoms with van der Waals surface area (Å²) in [5.74, 6) is -0.184. The zero-order valence-electron chi connectivity index (χ0n) is 14.3. The maximum Gasteiger partial charge on any atom is 0.263 e. The summed E-state index contributed by atoms with van der Waals surface area (Å²) in [5.41, 5.74) is 0.446. The minimum absolute atomic E-state index is 0.00237. The largest absolute Gasteiger partial charge is 0.394 e. The van der Waals surface area contributed by atoms with Crippen molar-refractivity contribution in [3.8, 4) is 0 Å². The van der Waals surface area contributed by atoms with Crippen LogP contribution in [0.4, 0.5) is 5.13 Å². The molecule has 1 aromatic carbocycles. The van der Waals surface area contributed by atoms with Crippen LogP contribution in [0.3, 0.4) is 0 Å². The summed E-state index contributed by atoms with van der Waals surface area (Å²) in [6.07, 6.45) is 0.00237. The smallest absolute Gasteiger partial charge is 0.263 e. The molecule has 0 aliphatic rings. The normalized spacial score (nSPS) is 12.8. The molecule has 0 radical (unpaired) electrons. The fraction of sp³-hybridized carbons (Fsp3) is 0.375. The number of carbonyl (C=O) groups excluding carboxylic acids is 1. The van der Waals surface area contributed by atoms with Gasteiger partial charge < -0.3 is 10.4 Å². The second-order valence-electron chi connectivity index (χ2n) is 5.98. The maximum absolute atomic E-state index is 12.3. The van der Waals surface area contributed by atoms with E-state index in [1.165, 1.54) is 24.3 Å². The minimum atomic E-state index is -3.77. The van der Waals surface area contributed by atoms with Gasteiger partial charge in [0.05, 0.1) is 29.7 Å². The lowest BCUT2D eigenvalue weighted by atomic mass is 10.1. The van der Waals surface area contributed by atoms with Crippen LogP contribution in [0, 0.1) is 5.92 Å². The molecule has 1 aromatic heterocycles. The van der Waals surface area contributed by atoms with E-state index in [1.54, 1.807) is 5.38 Å². The van der Waals surface area contributed by atoms with Gasteiger partial charge in [-0.25, -0.2) is 13.4 Å². The molecule has 142 valence electrons. The molecule has 1 atom stereocenters. The lowest BCUT2D eigenvalue weighted by Crippen LogP contribution is -2.41. The van der Waals surface area contributed by atoms with E-state index in [2.05, 4.69) is 15.0 Å². The number of thiazole rings is 1. The molecular formula is C16H20ClN3O4S2. The van der Waals surface area contributed by atoms with Crippen LogP contribution in [-0.4, -0.2) is 37.1 Å². The van der Waals surface area contributed by atoms with E-state index in [1.807, 2.05) is 13.8 Å². The van der Waals surface area contributed by atoms with E-state index in [9.17, 15) is 18.3 Å². The third-order valence-electron chi connectivity index (χ3n) is 3.59. The van der Waals surface area contributed by atoms with Crippen LogP contribution in [0.1, 0.15) is 19.5 Å². The van der Waals surface area contributed by atoms with Crippen molar-refractivity contribution in [1.29, 1.82) is 0 Å². The molecule has 0 saturated heterocycles. The Hall–Kier alpha value is -1.68. The number of halogens is 1. The molecule has 3 N–H and O–H groups in total. The maximum atomic E-state index is 12.3. The summed E-state index contributed by atoms with van der Waals surface area (Å²) in [7, 11) is -3.77. The highest BCUT2D eigenvalue weighted by Gasteiger charge is 2.18. The highest BCUT2D eigenvalue weighted by molar-refractivity contribution is 7.93. The number of amides is 1. The Labute approximate surface area is 161 Å². The predicted molar refractivity (Wildman–Crippen MR) is 102 cm³/mol. The fourth-order valence-corrected chi connectivity index (χ4v) is 4.16. The molecular weight excluding hydrogens is 398 g/mol. The van der Waals surface area contributed by atoms with Crippen LogP contribution in [-0.2, 0) is 21.2 Å². The SMILES string of the molecule is CC(C)C(CO)NC(=O)Cc1csc(NS(=O)(=O)c2ccc(Cl)cc2)n1. The first-order chi connectivity index (χ1) is 12.2. The summed E-state index contributed by atoms with van der Waals surface area (Å²) in [5, 5.41) is 14.2. The summed E-state index contributed by atoms with van der Waals surface area (Å²) < 4.78 is 27.0. The lowest BCUT2D eigenvalue weighted by molar-refractivity contribution is -0.121. The third-order valence-corrected chi connectivity index (χ3v) is 6.13. The van der Waals surface area contributed by atoms with Gasteiger partial charge in [-0.05, 0) is 30.2 Å². The number of hydrogen-bond acceptors (Lipinski definition) is 6. The van der Waals surface area contributed by atoms with Gasteiger partial charge in [0, 0.05) is 10.4 Å². The number of benzene rings is 1. The molecule has 0 bridgehead atoms. The number of rotatable bonds is 8. The van der Waals surface area contributed by atoms with Crippen molar-refractivity contribution in [3.05, 3.63) is 40.4 Å². The second-order valence-corrected chi connectivity index (χ2v) is 8.96. The third kappa shape index (κ3) is 5.66. The van der Waals surface area contributed by atoms with E-state index >= 15 is 0 Å². The Bertz CT molecular complexity index is 851. The molecule has 7 nitrogen and oxygen atoms in total. The average molecular weight is 418 g/mol. The standard InChI is InChI=1S/C16H20ClN3O4S2/c1-10(2)14(8-21)19-15(22)7-12-9-25-16(18-12)20-26(23,24)13-5-3-11(17)4-6-13/h3-6,9-10,14,21H,7-8H2,1-2H3,(H,18,20)(H,19,22). The molecule has 2 rings (SSSR count). The number of aliphatic hydroxyl groups excluding tert-OH is 1. The second kappa shape index (κ2) is 8.81. The van der Waals surface area contributed by atoms with Gasteiger partial charge in [0.25, 0.3) is 10.0 Å². The molecule has 0 saturated carbocycles. The van der Waals surface area contributed by atoms with Crippen LogP contribution in [0.25, 0.3) is 0 Å². The molecule has 1 heterocycles. The van der Waals surface area contributed by atoms with Crippen molar-refractivity contribution in [2.75, 3.05) is 11.3 Å². The highest BCUT2D eigenvalue weighted by atomic mass is 35.5. The highest BCUT2D eigenvalue weighted by Crippen LogP contribution is 2.21. The monoisotopic (exact) mass is 417 g/mol. The Morgan fingerprint density at radius 2 is 1.96 bits per heavy atom. The van der Waals surface area contributed by atoms with Crippen LogP contribution in [0.2, 0.25) is 5.02 Å². The van der Waals surface area contributed by atoms with Gasteiger partial charge in [-0.2, -0.15) is 0 Å². The van der Waals surface area contributed by atoms with E-state index in [0.29, 0.717) is 10.7 Å². The molecule has 0 aliphatic heterocycles. The number of nitrogens with one attached hydrogen (secondary N) is 2. The van der Waals surface area contributed by atoms with E-state index < -0.39 is 10.0 Å². The van der Waals surface area contributed by atoms with Crippen molar-refractivity contribution in [2.24, 2.45) is 5.92 Å². The van der Waals surface area contributed by atoms with Crippen LogP contribution in [0.5, 0.6) is 0 Å². The lowest BCUT2D eigenvalue weighted by Gasteiger charge is -2.19. The number of aromatic nitrogens is 1. The Kier molecular flexibility index (Phi) is 6.99. The van der Waals surface area contributed by atoms with Gasteiger partial charge in [-0.15, -0.1) is 11.3 Å². The Morgan fingerprint density at radius 1 is 1.31 bits per heavy atom. The first-order valence-corrected chi connectivity index (χ1v) is 10.6. The zero-order valence-corrected chi connectivity index (χ0v) is 16.7. The average Bonchev–Trinajstić information content (AvgIpc) is 2.98.